The normalized spacial score (nSPS) is 22.7. The summed E-state index contributed by atoms with van der Waals surface area (Å²) in [7, 11) is -3.95. The van der Waals surface area contributed by atoms with E-state index in [1.165, 1.54) is 6.26 Å². The number of thioether (sulfide) groups is 1. The number of hydrogen-bond donors (Lipinski definition) is 0. The molecule has 1 unspecified atom stereocenters. The van der Waals surface area contributed by atoms with Crippen LogP contribution in [0.4, 0.5) is 13.2 Å². The number of Topliss-reactive ketones (excluding diaryl/α,β-unsaturated/α-hetero) is 3. The largest absolute Gasteiger partial charge is 0.417 e. The van der Waals surface area contributed by atoms with E-state index in [4.69, 9.17) is 0 Å². The summed E-state index contributed by atoms with van der Waals surface area (Å²) in [6.07, 6.45) is -3.73. The monoisotopic (exact) mass is 420 g/mol. The maximum Gasteiger partial charge on any atom is 0.417 e. The minimum atomic E-state index is -5.00. The zero-order valence-electron chi connectivity index (χ0n) is 14.1. The highest BCUT2D eigenvalue weighted by molar-refractivity contribution is 8.13. The number of hydrogen-bond acceptors (Lipinski definition) is 6. The fourth-order valence-corrected chi connectivity index (χ4v) is 6.72. The minimum absolute atomic E-state index is 0.0443. The second kappa shape index (κ2) is 6.73. The van der Waals surface area contributed by atoms with Crippen LogP contribution in [0.15, 0.2) is 17.0 Å². The van der Waals surface area contributed by atoms with Crippen LogP contribution in [0.1, 0.15) is 40.7 Å². The van der Waals surface area contributed by atoms with E-state index in [-0.39, 0.29) is 25.7 Å². The number of benzene rings is 1. The SMILES string of the molecule is CSC1Cc2c(ccc(C(=O)C3C(=O)CCCC3=O)c2C(F)(F)F)S1(=O)=O. The molecule has 0 saturated heterocycles. The summed E-state index contributed by atoms with van der Waals surface area (Å²) >= 11 is 0.910. The molecule has 2 aliphatic rings. The van der Waals surface area contributed by atoms with Crippen LogP contribution < -0.4 is 0 Å². The molecule has 1 saturated carbocycles. The first-order chi connectivity index (χ1) is 12.5. The van der Waals surface area contributed by atoms with Crippen molar-refractivity contribution in [2.75, 3.05) is 6.26 Å². The molecule has 1 aliphatic carbocycles. The molecule has 0 spiro atoms. The van der Waals surface area contributed by atoms with Crippen molar-refractivity contribution >= 4 is 38.9 Å². The number of rotatable bonds is 3. The molecule has 0 radical (unpaired) electrons. The first kappa shape index (κ1) is 20.1. The molecule has 1 fully saturated rings. The summed E-state index contributed by atoms with van der Waals surface area (Å²) in [6.45, 7) is 0. The lowest BCUT2D eigenvalue weighted by molar-refractivity contribution is -0.139. The predicted molar refractivity (Wildman–Crippen MR) is 91.3 cm³/mol. The van der Waals surface area contributed by atoms with Gasteiger partial charge in [-0.2, -0.15) is 13.2 Å². The maximum atomic E-state index is 13.8. The number of ketones is 3. The van der Waals surface area contributed by atoms with Gasteiger partial charge in [0.2, 0.25) is 0 Å². The highest BCUT2D eigenvalue weighted by Gasteiger charge is 2.48. The molecule has 10 heteroatoms. The van der Waals surface area contributed by atoms with E-state index >= 15 is 0 Å². The van der Waals surface area contributed by atoms with Crippen molar-refractivity contribution in [3.8, 4) is 0 Å². The number of sulfone groups is 1. The average molecular weight is 420 g/mol. The van der Waals surface area contributed by atoms with Gasteiger partial charge in [0.05, 0.1) is 10.5 Å². The van der Waals surface area contributed by atoms with E-state index in [2.05, 4.69) is 0 Å². The molecule has 1 aliphatic heterocycles. The number of fused-ring (bicyclic) bond motifs is 1. The highest BCUT2D eigenvalue weighted by Crippen LogP contribution is 2.45. The van der Waals surface area contributed by atoms with Gasteiger partial charge in [0.15, 0.2) is 27.2 Å². The number of carbonyl (C=O) groups excluding carboxylic acids is 3. The van der Waals surface area contributed by atoms with E-state index in [0.717, 1.165) is 23.9 Å². The van der Waals surface area contributed by atoms with Gasteiger partial charge < -0.3 is 0 Å². The van der Waals surface area contributed by atoms with Gasteiger partial charge in [-0.3, -0.25) is 14.4 Å². The van der Waals surface area contributed by atoms with Crippen LogP contribution in [-0.4, -0.2) is 36.6 Å². The lowest BCUT2D eigenvalue weighted by Crippen LogP contribution is -2.36. The van der Waals surface area contributed by atoms with Gasteiger partial charge in [0.25, 0.3) is 0 Å². The van der Waals surface area contributed by atoms with Crippen LogP contribution in [0.5, 0.6) is 0 Å². The molecular weight excluding hydrogens is 405 g/mol. The Hall–Kier alpha value is -1.68. The Morgan fingerprint density at radius 2 is 1.74 bits per heavy atom. The van der Waals surface area contributed by atoms with E-state index in [1.54, 1.807) is 0 Å². The van der Waals surface area contributed by atoms with Crippen molar-refractivity contribution in [2.24, 2.45) is 5.92 Å². The Morgan fingerprint density at radius 1 is 1.15 bits per heavy atom. The van der Waals surface area contributed by atoms with Gasteiger partial charge in [0.1, 0.15) is 10.5 Å². The predicted octanol–water partition coefficient (Wildman–Crippen LogP) is 2.85. The molecule has 1 aromatic carbocycles. The summed E-state index contributed by atoms with van der Waals surface area (Å²) in [4.78, 5) is 36.2. The van der Waals surface area contributed by atoms with Crippen molar-refractivity contribution in [3.63, 3.8) is 0 Å². The van der Waals surface area contributed by atoms with Crippen molar-refractivity contribution in [1.82, 2.24) is 0 Å². The van der Waals surface area contributed by atoms with E-state index in [1.807, 2.05) is 0 Å². The van der Waals surface area contributed by atoms with Crippen molar-refractivity contribution in [2.45, 2.75) is 41.3 Å². The van der Waals surface area contributed by atoms with Crippen LogP contribution in [0.25, 0.3) is 0 Å². The highest BCUT2D eigenvalue weighted by atomic mass is 32.3. The Morgan fingerprint density at radius 3 is 2.26 bits per heavy atom. The fraction of sp³-hybridized carbons (Fsp3) is 0.471. The molecule has 1 aromatic rings. The topological polar surface area (TPSA) is 85.3 Å². The third-order valence-electron chi connectivity index (χ3n) is 4.86. The van der Waals surface area contributed by atoms with E-state index in [0.29, 0.717) is 0 Å². The summed E-state index contributed by atoms with van der Waals surface area (Å²) in [5.41, 5.74) is -2.63. The summed E-state index contributed by atoms with van der Waals surface area (Å²) in [5, 5.41) is 0. The molecule has 0 N–H and O–H groups in total. The summed E-state index contributed by atoms with van der Waals surface area (Å²) in [5.74, 6) is -4.34. The minimum Gasteiger partial charge on any atom is -0.298 e. The van der Waals surface area contributed by atoms with Crippen LogP contribution in [0.2, 0.25) is 0 Å². The smallest absolute Gasteiger partial charge is 0.298 e. The van der Waals surface area contributed by atoms with Crippen molar-refractivity contribution in [3.05, 3.63) is 28.8 Å². The van der Waals surface area contributed by atoms with Crippen LogP contribution in [-0.2, 0) is 32.0 Å². The Kier molecular flexibility index (Phi) is 5.00. The number of alkyl halides is 3. The Balaban J connectivity index is 2.20. The Bertz CT molecular complexity index is 934. The third-order valence-corrected chi connectivity index (χ3v) is 8.74. The lowest BCUT2D eigenvalue weighted by Gasteiger charge is -2.21. The molecule has 5 nitrogen and oxygen atoms in total. The second-order valence-corrected chi connectivity index (χ2v) is 9.90. The van der Waals surface area contributed by atoms with Crippen molar-refractivity contribution in [1.29, 1.82) is 0 Å². The van der Waals surface area contributed by atoms with Gasteiger partial charge >= 0.3 is 6.18 Å². The van der Waals surface area contributed by atoms with Gasteiger partial charge in [0, 0.05) is 24.8 Å². The number of halogens is 3. The second-order valence-electron chi connectivity index (χ2n) is 6.46. The molecular formula is C17H15F3O5S2. The molecule has 0 aromatic heterocycles. The van der Waals surface area contributed by atoms with E-state index in [9.17, 15) is 36.0 Å². The first-order valence-electron chi connectivity index (χ1n) is 8.09. The van der Waals surface area contributed by atoms with Gasteiger partial charge in [-0.25, -0.2) is 8.42 Å². The average Bonchev–Trinajstić information content (AvgIpc) is 2.83. The Labute approximate surface area is 157 Å². The zero-order chi connectivity index (χ0) is 20.1. The molecule has 27 heavy (non-hydrogen) atoms. The van der Waals surface area contributed by atoms with Crippen molar-refractivity contribution < 1.29 is 36.0 Å². The summed E-state index contributed by atoms with van der Waals surface area (Å²) in [6, 6.07) is 1.75. The van der Waals surface area contributed by atoms with Crippen LogP contribution in [0, 0.1) is 5.92 Å². The first-order valence-corrected chi connectivity index (χ1v) is 10.9. The summed E-state index contributed by atoms with van der Waals surface area (Å²) < 4.78 is 65.1. The van der Waals surface area contributed by atoms with E-state index < -0.39 is 65.4 Å². The molecule has 0 bridgehead atoms. The van der Waals surface area contributed by atoms with Crippen LogP contribution >= 0.6 is 11.8 Å². The van der Waals surface area contributed by atoms with Crippen LogP contribution in [0.3, 0.4) is 0 Å². The zero-order valence-corrected chi connectivity index (χ0v) is 15.8. The molecule has 1 atom stereocenters. The third kappa shape index (κ3) is 3.22. The van der Waals surface area contributed by atoms with Gasteiger partial charge in [-0.05, 0) is 30.4 Å². The fourth-order valence-electron chi connectivity index (χ4n) is 3.61. The molecule has 3 rings (SSSR count). The number of carbonyl (C=O) groups is 3. The van der Waals surface area contributed by atoms with Gasteiger partial charge in [-0.1, -0.05) is 0 Å². The molecule has 0 amide bonds. The molecule has 1 heterocycles. The van der Waals surface area contributed by atoms with Gasteiger partial charge in [-0.15, -0.1) is 11.8 Å². The quantitative estimate of drug-likeness (QED) is 0.552. The maximum absolute atomic E-state index is 13.8. The standard InChI is InChI=1S/C17H15F3O5S2/c1-26-13-7-9-12(27(13,24)25)6-5-8(15(9)17(18,19)20)16(23)14-10(21)3-2-4-11(14)22/h5-6,13-14H,2-4,7H2,1H3. The lowest BCUT2D eigenvalue weighted by atomic mass is 9.80. The molecule has 146 valence electrons.